The van der Waals surface area contributed by atoms with Gasteiger partial charge >= 0.3 is 0 Å². The second kappa shape index (κ2) is 4.65. The average molecular weight is 226 g/mol. The van der Waals surface area contributed by atoms with Gasteiger partial charge in [0.2, 0.25) is 5.89 Å². The maximum absolute atomic E-state index is 4.99. The van der Waals surface area contributed by atoms with Crippen molar-refractivity contribution >= 4 is 16.9 Å². The van der Waals surface area contributed by atoms with Crippen molar-refractivity contribution in [3.05, 3.63) is 11.7 Å². The monoisotopic (exact) mass is 226 g/mol. The molecule has 0 saturated carbocycles. The molecule has 15 heavy (non-hydrogen) atoms. The number of aromatic nitrogens is 2. The standard InChI is InChI=1S/C9H14N4OS/c1-6-5-15-9(11-6)10-4-3-8-12-7(2)13-14-8/h6H,3-5H2,1-2H3,(H,10,11). The third kappa shape index (κ3) is 2.95. The fraction of sp³-hybridized carbons (Fsp3) is 0.667. The van der Waals surface area contributed by atoms with Crippen LogP contribution in [0.5, 0.6) is 0 Å². The van der Waals surface area contributed by atoms with E-state index in [-0.39, 0.29) is 0 Å². The smallest absolute Gasteiger partial charge is 0.228 e. The number of amidine groups is 1. The first-order valence-corrected chi connectivity index (χ1v) is 5.95. The molecule has 2 rings (SSSR count). The lowest BCUT2D eigenvalue weighted by Crippen LogP contribution is -2.23. The van der Waals surface area contributed by atoms with Gasteiger partial charge < -0.3 is 9.84 Å². The summed E-state index contributed by atoms with van der Waals surface area (Å²) in [7, 11) is 0. The van der Waals surface area contributed by atoms with E-state index in [1.54, 1.807) is 11.8 Å². The van der Waals surface area contributed by atoms with E-state index in [1.807, 2.05) is 6.92 Å². The third-order valence-corrected chi connectivity index (χ3v) is 3.18. The molecule has 0 amide bonds. The first kappa shape index (κ1) is 10.5. The van der Waals surface area contributed by atoms with Gasteiger partial charge in [0.25, 0.3) is 0 Å². The zero-order chi connectivity index (χ0) is 10.7. The van der Waals surface area contributed by atoms with E-state index in [1.165, 1.54) is 0 Å². The van der Waals surface area contributed by atoms with Crippen molar-refractivity contribution < 1.29 is 4.52 Å². The molecule has 1 aromatic rings. The maximum Gasteiger partial charge on any atom is 0.228 e. The highest BCUT2D eigenvalue weighted by molar-refractivity contribution is 8.14. The van der Waals surface area contributed by atoms with Crippen LogP contribution in [-0.2, 0) is 6.42 Å². The number of rotatable bonds is 3. The van der Waals surface area contributed by atoms with Gasteiger partial charge in [-0.25, -0.2) is 0 Å². The van der Waals surface area contributed by atoms with Crippen molar-refractivity contribution in [1.29, 1.82) is 0 Å². The first-order chi connectivity index (χ1) is 7.24. The highest BCUT2D eigenvalue weighted by atomic mass is 32.2. The molecule has 2 heterocycles. The van der Waals surface area contributed by atoms with Crippen molar-refractivity contribution in [3.63, 3.8) is 0 Å². The van der Waals surface area contributed by atoms with Gasteiger partial charge in [0, 0.05) is 18.2 Å². The molecule has 1 atom stereocenters. The van der Waals surface area contributed by atoms with Gasteiger partial charge in [-0.15, -0.1) is 0 Å². The lowest BCUT2D eigenvalue weighted by Gasteiger charge is -1.99. The summed E-state index contributed by atoms with van der Waals surface area (Å²) in [6, 6.07) is 0.527. The number of hydrogen-bond acceptors (Lipinski definition) is 5. The third-order valence-electron chi connectivity index (χ3n) is 1.99. The maximum atomic E-state index is 4.99. The lowest BCUT2D eigenvalue weighted by molar-refractivity contribution is 0.376. The van der Waals surface area contributed by atoms with E-state index in [2.05, 4.69) is 27.4 Å². The van der Waals surface area contributed by atoms with Crippen molar-refractivity contribution in [1.82, 2.24) is 15.5 Å². The van der Waals surface area contributed by atoms with Crippen LogP contribution in [0.2, 0.25) is 0 Å². The van der Waals surface area contributed by atoms with Crippen molar-refractivity contribution in [3.8, 4) is 0 Å². The van der Waals surface area contributed by atoms with Crippen LogP contribution in [0.15, 0.2) is 9.52 Å². The van der Waals surface area contributed by atoms with Crippen LogP contribution in [0.25, 0.3) is 0 Å². The average Bonchev–Trinajstić information content (AvgIpc) is 2.76. The van der Waals surface area contributed by atoms with Crippen LogP contribution in [0.3, 0.4) is 0 Å². The summed E-state index contributed by atoms with van der Waals surface area (Å²) in [5.41, 5.74) is 0. The molecular weight excluding hydrogens is 212 g/mol. The summed E-state index contributed by atoms with van der Waals surface area (Å²) in [5.74, 6) is 2.44. The van der Waals surface area contributed by atoms with E-state index in [4.69, 9.17) is 4.52 Å². The molecule has 1 aromatic heterocycles. The largest absolute Gasteiger partial charge is 0.362 e. The van der Waals surface area contributed by atoms with E-state index in [0.717, 1.165) is 10.9 Å². The van der Waals surface area contributed by atoms with Crippen molar-refractivity contribution in [2.45, 2.75) is 26.3 Å². The summed E-state index contributed by atoms with van der Waals surface area (Å²) >= 11 is 1.76. The quantitative estimate of drug-likeness (QED) is 0.833. The second-order valence-electron chi connectivity index (χ2n) is 3.53. The van der Waals surface area contributed by atoms with Crippen molar-refractivity contribution in [2.75, 3.05) is 12.3 Å². The fourth-order valence-corrected chi connectivity index (χ4v) is 2.24. The summed E-state index contributed by atoms with van der Waals surface area (Å²) in [5, 5.41) is 8.04. The van der Waals surface area contributed by atoms with Gasteiger partial charge in [-0.3, -0.25) is 4.99 Å². The molecule has 82 valence electrons. The molecular formula is C9H14N4OS. The van der Waals surface area contributed by atoms with Crippen LogP contribution < -0.4 is 5.32 Å². The first-order valence-electron chi connectivity index (χ1n) is 4.97. The Balaban J connectivity index is 1.79. The highest BCUT2D eigenvalue weighted by Gasteiger charge is 2.14. The Bertz CT molecular complexity index is 363. The van der Waals surface area contributed by atoms with E-state index < -0.39 is 0 Å². The zero-order valence-electron chi connectivity index (χ0n) is 8.86. The fourth-order valence-electron chi connectivity index (χ4n) is 1.28. The Kier molecular flexibility index (Phi) is 3.25. The zero-order valence-corrected chi connectivity index (χ0v) is 9.67. The molecule has 1 aliphatic rings. The lowest BCUT2D eigenvalue weighted by atomic mass is 10.4. The van der Waals surface area contributed by atoms with E-state index in [0.29, 0.717) is 30.7 Å². The molecule has 1 fully saturated rings. The minimum absolute atomic E-state index is 0.527. The number of thioether (sulfide) groups is 1. The number of nitrogens with one attached hydrogen (secondary N) is 1. The Morgan fingerprint density at radius 2 is 2.53 bits per heavy atom. The number of aryl methyl sites for hydroxylation is 1. The Hall–Kier alpha value is -1.04. The number of hydrogen-bond donors (Lipinski definition) is 1. The molecule has 1 N–H and O–H groups in total. The number of nitrogens with zero attached hydrogens (tertiary/aromatic N) is 3. The summed E-state index contributed by atoms with van der Waals surface area (Å²) < 4.78 is 4.99. The second-order valence-corrected chi connectivity index (χ2v) is 4.54. The van der Waals surface area contributed by atoms with Gasteiger partial charge in [0.1, 0.15) is 0 Å². The van der Waals surface area contributed by atoms with E-state index in [9.17, 15) is 0 Å². The van der Waals surface area contributed by atoms with Gasteiger partial charge in [-0.1, -0.05) is 16.9 Å². The molecule has 0 aliphatic carbocycles. The minimum atomic E-state index is 0.527. The van der Waals surface area contributed by atoms with Gasteiger partial charge in [-0.2, -0.15) is 4.98 Å². The SMILES string of the molecule is Cc1noc(CCN=C2NC(C)CS2)n1. The Morgan fingerprint density at radius 3 is 3.13 bits per heavy atom. The molecule has 0 spiro atoms. The predicted octanol–water partition coefficient (Wildman–Crippen LogP) is 1.00. The molecule has 0 aromatic carbocycles. The Morgan fingerprint density at radius 1 is 1.67 bits per heavy atom. The summed E-state index contributed by atoms with van der Waals surface area (Å²) in [6.45, 7) is 4.66. The van der Waals surface area contributed by atoms with Crippen LogP contribution >= 0.6 is 11.8 Å². The van der Waals surface area contributed by atoms with Crippen LogP contribution in [0.4, 0.5) is 0 Å². The molecule has 1 unspecified atom stereocenters. The number of aliphatic imine (C=N–C) groups is 1. The molecule has 1 saturated heterocycles. The molecule has 5 nitrogen and oxygen atoms in total. The molecule has 0 radical (unpaired) electrons. The van der Waals surface area contributed by atoms with Gasteiger partial charge in [0.15, 0.2) is 11.0 Å². The predicted molar refractivity (Wildman–Crippen MR) is 60.1 cm³/mol. The topological polar surface area (TPSA) is 63.3 Å². The molecule has 6 heteroatoms. The summed E-state index contributed by atoms with van der Waals surface area (Å²) in [6.07, 6.45) is 0.709. The Labute approximate surface area is 92.7 Å². The minimum Gasteiger partial charge on any atom is -0.362 e. The van der Waals surface area contributed by atoms with Gasteiger partial charge in [-0.05, 0) is 13.8 Å². The highest BCUT2D eigenvalue weighted by Crippen LogP contribution is 2.12. The van der Waals surface area contributed by atoms with Crippen LogP contribution in [-0.4, -0.2) is 33.6 Å². The summed E-state index contributed by atoms with van der Waals surface area (Å²) in [4.78, 5) is 8.53. The van der Waals surface area contributed by atoms with Gasteiger partial charge in [0.05, 0.1) is 6.54 Å². The van der Waals surface area contributed by atoms with E-state index >= 15 is 0 Å². The van der Waals surface area contributed by atoms with Crippen LogP contribution in [0, 0.1) is 6.92 Å². The molecule has 1 aliphatic heterocycles. The normalized spacial score (nSPS) is 23.3. The van der Waals surface area contributed by atoms with Crippen LogP contribution in [0.1, 0.15) is 18.6 Å². The van der Waals surface area contributed by atoms with Crippen molar-refractivity contribution in [2.24, 2.45) is 4.99 Å². The molecule has 0 bridgehead atoms.